The zero-order valence-corrected chi connectivity index (χ0v) is 12.4. The van der Waals surface area contributed by atoms with E-state index < -0.39 is 10.0 Å². The minimum atomic E-state index is -3.37. The van der Waals surface area contributed by atoms with Gasteiger partial charge < -0.3 is 9.64 Å². The molecular formula is C13H20N2O3S. The summed E-state index contributed by atoms with van der Waals surface area (Å²) in [6.07, 6.45) is 0.960. The van der Waals surface area contributed by atoms with Gasteiger partial charge in [0.05, 0.1) is 11.5 Å². The molecule has 19 heavy (non-hydrogen) atoms. The van der Waals surface area contributed by atoms with E-state index in [9.17, 15) is 8.42 Å². The fourth-order valence-corrected chi connectivity index (χ4v) is 3.15. The minimum absolute atomic E-state index is 0.348. The molecule has 1 heterocycles. The molecule has 6 heteroatoms. The standard InChI is InChI=1S/C13H20N2O3S/c1-14(2)19(16,17)12-5-4-11-6-7-15(8-9-18-3)13(11)10-12/h4-5,10H,6-9H2,1-3H3. The maximum atomic E-state index is 12.1. The lowest BCUT2D eigenvalue weighted by molar-refractivity contribution is 0.205. The molecule has 1 aliphatic heterocycles. The van der Waals surface area contributed by atoms with Crippen molar-refractivity contribution in [3.63, 3.8) is 0 Å². The van der Waals surface area contributed by atoms with E-state index in [1.165, 1.54) is 9.87 Å². The van der Waals surface area contributed by atoms with E-state index in [4.69, 9.17) is 4.74 Å². The fraction of sp³-hybridized carbons (Fsp3) is 0.538. The van der Waals surface area contributed by atoms with E-state index >= 15 is 0 Å². The highest BCUT2D eigenvalue weighted by molar-refractivity contribution is 7.89. The lowest BCUT2D eigenvalue weighted by Crippen LogP contribution is -2.25. The molecule has 0 saturated heterocycles. The Labute approximate surface area is 114 Å². The summed E-state index contributed by atoms with van der Waals surface area (Å²) in [6, 6.07) is 5.37. The first-order chi connectivity index (χ1) is 8.96. The number of hydrogen-bond acceptors (Lipinski definition) is 4. The van der Waals surface area contributed by atoms with Crippen molar-refractivity contribution < 1.29 is 13.2 Å². The van der Waals surface area contributed by atoms with E-state index in [0.29, 0.717) is 11.5 Å². The SMILES string of the molecule is COCCN1CCc2ccc(S(=O)(=O)N(C)C)cc21. The molecule has 0 spiro atoms. The first-order valence-corrected chi connectivity index (χ1v) is 7.70. The number of anilines is 1. The second-order valence-electron chi connectivity index (χ2n) is 4.81. The van der Waals surface area contributed by atoms with Crippen LogP contribution in [0.25, 0.3) is 0 Å². The predicted octanol–water partition coefficient (Wildman–Crippen LogP) is 0.946. The Morgan fingerprint density at radius 1 is 1.37 bits per heavy atom. The van der Waals surface area contributed by atoms with Gasteiger partial charge in [-0.25, -0.2) is 12.7 Å². The van der Waals surface area contributed by atoms with E-state index in [-0.39, 0.29) is 0 Å². The highest BCUT2D eigenvalue weighted by Crippen LogP contribution is 2.30. The highest BCUT2D eigenvalue weighted by atomic mass is 32.2. The molecule has 0 amide bonds. The molecule has 106 valence electrons. The zero-order valence-electron chi connectivity index (χ0n) is 11.6. The third-order valence-corrected chi connectivity index (χ3v) is 5.20. The average molecular weight is 284 g/mol. The lowest BCUT2D eigenvalue weighted by atomic mass is 10.2. The number of rotatable bonds is 5. The van der Waals surface area contributed by atoms with E-state index in [1.54, 1.807) is 33.3 Å². The molecule has 0 unspecified atom stereocenters. The number of sulfonamides is 1. The van der Waals surface area contributed by atoms with Gasteiger partial charge in [-0.1, -0.05) is 6.07 Å². The summed E-state index contributed by atoms with van der Waals surface area (Å²) in [5, 5.41) is 0. The van der Waals surface area contributed by atoms with Crippen molar-refractivity contribution in [2.24, 2.45) is 0 Å². The van der Waals surface area contributed by atoms with Crippen molar-refractivity contribution in [2.45, 2.75) is 11.3 Å². The summed E-state index contributed by atoms with van der Waals surface area (Å²) < 4.78 is 30.6. The number of methoxy groups -OCH3 is 1. The van der Waals surface area contributed by atoms with Crippen LogP contribution in [0.5, 0.6) is 0 Å². The fourth-order valence-electron chi connectivity index (χ4n) is 2.23. The maximum absolute atomic E-state index is 12.1. The number of nitrogens with zero attached hydrogens (tertiary/aromatic N) is 2. The van der Waals surface area contributed by atoms with Crippen molar-refractivity contribution in [1.29, 1.82) is 0 Å². The number of benzene rings is 1. The molecule has 1 aromatic carbocycles. The second-order valence-corrected chi connectivity index (χ2v) is 6.96. The van der Waals surface area contributed by atoms with Gasteiger partial charge >= 0.3 is 0 Å². The zero-order chi connectivity index (χ0) is 14.0. The van der Waals surface area contributed by atoms with Crippen LogP contribution in [0.15, 0.2) is 23.1 Å². The minimum Gasteiger partial charge on any atom is -0.383 e. The van der Waals surface area contributed by atoms with Gasteiger partial charge in [-0.2, -0.15) is 0 Å². The first kappa shape index (κ1) is 14.3. The van der Waals surface area contributed by atoms with Gasteiger partial charge in [-0.15, -0.1) is 0 Å². The Hall–Kier alpha value is -1.11. The van der Waals surface area contributed by atoms with Gasteiger partial charge in [0.15, 0.2) is 0 Å². The molecule has 0 atom stereocenters. The molecule has 2 rings (SSSR count). The summed E-state index contributed by atoms with van der Waals surface area (Å²) in [4.78, 5) is 2.52. The Bertz CT molecular complexity index is 555. The third-order valence-electron chi connectivity index (χ3n) is 3.39. The Kier molecular flexibility index (Phi) is 4.13. The van der Waals surface area contributed by atoms with E-state index in [0.717, 1.165) is 25.2 Å². The average Bonchev–Trinajstić information content (AvgIpc) is 2.78. The molecule has 0 aromatic heterocycles. The lowest BCUT2D eigenvalue weighted by Gasteiger charge is -2.20. The number of fused-ring (bicyclic) bond motifs is 1. The van der Waals surface area contributed by atoms with Crippen LogP contribution in [0.4, 0.5) is 5.69 Å². The Morgan fingerprint density at radius 2 is 2.11 bits per heavy atom. The molecule has 0 fully saturated rings. The van der Waals surface area contributed by atoms with Crippen molar-refractivity contribution in [2.75, 3.05) is 45.8 Å². The van der Waals surface area contributed by atoms with Crippen LogP contribution < -0.4 is 4.90 Å². The summed E-state index contributed by atoms with van der Waals surface area (Å²) in [7, 11) is 1.40. The summed E-state index contributed by atoms with van der Waals surface area (Å²) in [5.74, 6) is 0. The van der Waals surface area contributed by atoms with Crippen molar-refractivity contribution in [3.05, 3.63) is 23.8 Å². The van der Waals surface area contributed by atoms with Crippen LogP contribution in [-0.2, 0) is 21.2 Å². The number of ether oxygens (including phenoxy) is 1. The van der Waals surface area contributed by atoms with Crippen LogP contribution >= 0.6 is 0 Å². The normalized spacial score (nSPS) is 15.1. The molecule has 0 saturated carbocycles. The van der Waals surface area contributed by atoms with Crippen LogP contribution in [0.2, 0.25) is 0 Å². The molecule has 0 bridgehead atoms. The molecule has 1 aromatic rings. The quantitative estimate of drug-likeness (QED) is 0.807. The molecular weight excluding hydrogens is 264 g/mol. The van der Waals surface area contributed by atoms with Crippen LogP contribution in [0.1, 0.15) is 5.56 Å². The van der Waals surface area contributed by atoms with Gasteiger partial charge in [0.25, 0.3) is 0 Å². The third kappa shape index (κ3) is 2.75. The Balaban J connectivity index is 2.33. The smallest absolute Gasteiger partial charge is 0.242 e. The van der Waals surface area contributed by atoms with E-state index in [1.807, 2.05) is 6.07 Å². The monoisotopic (exact) mass is 284 g/mol. The molecule has 5 nitrogen and oxygen atoms in total. The maximum Gasteiger partial charge on any atom is 0.242 e. The topological polar surface area (TPSA) is 49.9 Å². The predicted molar refractivity (Wildman–Crippen MR) is 75.1 cm³/mol. The van der Waals surface area contributed by atoms with Crippen molar-refractivity contribution in [1.82, 2.24) is 4.31 Å². The Morgan fingerprint density at radius 3 is 2.74 bits per heavy atom. The van der Waals surface area contributed by atoms with E-state index in [2.05, 4.69) is 4.90 Å². The summed E-state index contributed by atoms with van der Waals surface area (Å²) >= 11 is 0. The van der Waals surface area contributed by atoms with Gasteiger partial charge in [0.2, 0.25) is 10.0 Å². The van der Waals surface area contributed by atoms with Crippen LogP contribution in [0.3, 0.4) is 0 Å². The molecule has 0 aliphatic carbocycles. The second kappa shape index (κ2) is 5.48. The van der Waals surface area contributed by atoms with Crippen molar-refractivity contribution >= 4 is 15.7 Å². The van der Waals surface area contributed by atoms with Crippen LogP contribution in [0, 0.1) is 0 Å². The molecule has 0 N–H and O–H groups in total. The molecule has 0 radical (unpaired) electrons. The van der Waals surface area contributed by atoms with Gasteiger partial charge in [-0.05, 0) is 24.1 Å². The number of hydrogen-bond donors (Lipinski definition) is 0. The van der Waals surface area contributed by atoms with Crippen molar-refractivity contribution in [3.8, 4) is 0 Å². The van der Waals surface area contributed by atoms with Gasteiger partial charge in [0, 0.05) is 40.0 Å². The largest absolute Gasteiger partial charge is 0.383 e. The molecule has 1 aliphatic rings. The van der Waals surface area contributed by atoms with Gasteiger partial charge in [-0.3, -0.25) is 0 Å². The first-order valence-electron chi connectivity index (χ1n) is 6.26. The summed E-state index contributed by atoms with van der Waals surface area (Å²) in [6.45, 7) is 2.35. The van der Waals surface area contributed by atoms with Gasteiger partial charge in [0.1, 0.15) is 0 Å². The highest BCUT2D eigenvalue weighted by Gasteiger charge is 2.23. The summed E-state index contributed by atoms with van der Waals surface area (Å²) in [5.41, 5.74) is 2.22. The van der Waals surface area contributed by atoms with Crippen LogP contribution in [-0.4, -0.2) is 53.6 Å².